The number of amides is 1. The van der Waals surface area contributed by atoms with E-state index in [9.17, 15) is 10.1 Å². The first-order chi connectivity index (χ1) is 12.1. The Balaban J connectivity index is 1.77. The Bertz CT molecular complexity index is 797. The van der Waals surface area contributed by atoms with Gasteiger partial charge in [-0.15, -0.1) is 0 Å². The summed E-state index contributed by atoms with van der Waals surface area (Å²) in [4.78, 5) is 13.4. The van der Waals surface area contributed by atoms with Gasteiger partial charge in [0.15, 0.2) is 0 Å². The van der Waals surface area contributed by atoms with Gasteiger partial charge < -0.3 is 16.0 Å². The average molecular weight is 334 g/mol. The van der Waals surface area contributed by atoms with Gasteiger partial charge in [-0.2, -0.15) is 5.26 Å². The average Bonchev–Trinajstić information content (AvgIpc) is 3.10. The lowest BCUT2D eigenvalue weighted by Gasteiger charge is -2.22. The van der Waals surface area contributed by atoms with Crippen LogP contribution in [0.15, 0.2) is 48.5 Å². The summed E-state index contributed by atoms with van der Waals surface area (Å²) in [7, 11) is 0. The first-order valence-electron chi connectivity index (χ1n) is 8.48. The smallest absolute Gasteiger partial charge is 0.234 e. The lowest BCUT2D eigenvalue weighted by Crippen LogP contribution is -2.45. The van der Waals surface area contributed by atoms with Crippen LogP contribution in [0.5, 0.6) is 0 Å². The number of nitriles is 1. The molecule has 128 valence electrons. The number of carbonyl (C=O) groups is 1. The van der Waals surface area contributed by atoms with Crippen LogP contribution < -0.4 is 16.0 Å². The highest BCUT2D eigenvalue weighted by Crippen LogP contribution is 2.29. The largest absolute Gasteiger partial charge is 0.369 e. The second-order valence-electron chi connectivity index (χ2n) is 6.43. The molecule has 0 spiro atoms. The minimum absolute atomic E-state index is 0.197. The van der Waals surface area contributed by atoms with Crippen molar-refractivity contribution in [2.24, 2.45) is 5.73 Å². The standard InChI is InChI=1S/C20H22N4O/c1-14(20(22)25)23-18-9-10-24(13-18)19-8-7-16(11-17(19)12-21)15-5-3-2-4-6-15/h2-8,11,14,18,23H,9-10,13H2,1H3,(H2,22,25)/t14-,18-/m0/s1. The van der Waals surface area contributed by atoms with Crippen molar-refractivity contribution in [3.63, 3.8) is 0 Å². The van der Waals surface area contributed by atoms with Crippen LogP contribution in [0.3, 0.4) is 0 Å². The molecule has 2 aromatic rings. The van der Waals surface area contributed by atoms with Crippen LogP contribution in [0.2, 0.25) is 0 Å². The molecular formula is C20H22N4O. The summed E-state index contributed by atoms with van der Waals surface area (Å²) in [5, 5.41) is 12.8. The van der Waals surface area contributed by atoms with E-state index < -0.39 is 0 Å². The molecule has 0 bridgehead atoms. The van der Waals surface area contributed by atoms with Gasteiger partial charge in [0.2, 0.25) is 5.91 Å². The Morgan fingerprint density at radius 1 is 1.28 bits per heavy atom. The summed E-state index contributed by atoms with van der Waals surface area (Å²) in [6.07, 6.45) is 0.920. The quantitative estimate of drug-likeness (QED) is 0.879. The van der Waals surface area contributed by atoms with Crippen LogP contribution in [0.1, 0.15) is 18.9 Å². The molecule has 0 saturated carbocycles. The molecule has 1 aliphatic heterocycles. The van der Waals surface area contributed by atoms with E-state index in [1.54, 1.807) is 6.92 Å². The molecule has 0 unspecified atom stereocenters. The molecule has 2 atom stereocenters. The van der Waals surface area contributed by atoms with Crippen molar-refractivity contribution in [3.05, 3.63) is 54.1 Å². The number of rotatable bonds is 5. The minimum Gasteiger partial charge on any atom is -0.369 e. The van der Waals surface area contributed by atoms with Gasteiger partial charge >= 0.3 is 0 Å². The van der Waals surface area contributed by atoms with E-state index in [1.165, 1.54) is 0 Å². The predicted molar refractivity (Wildman–Crippen MR) is 99.0 cm³/mol. The highest BCUT2D eigenvalue weighted by molar-refractivity contribution is 5.79. The lowest BCUT2D eigenvalue weighted by molar-refractivity contribution is -0.119. The van der Waals surface area contributed by atoms with Crippen LogP contribution in [-0.4, -0.2) is 31.1 Å². The van der Waals surface area contributed by atoms with Crippen molar-refractivity contribution in [1.82, 2.24) is 5.32 Å². The van der Waals surface area contributed by atoms with Crippen molar-refractivity contribution >= 4 is 11.6 Å². The Labute approximate surface area is 148 Å². The van der Waals surface area contributed by atoms with E-state index in [-0.39, 0.29) is 18.0 Å². The Kier molecular flexibility index (Phi) is 5.01. The van der Waals surface area contributed by atoms with Gasteiger partial charge in [0.05, 0.1) is 17.3 Å². The van der Waals surface area contributed by atoms with Crippen molar-refractivity contribution in [2.75, 3.05) is 18.0 Å². The molecule has 1 heterocycles. The molecule has 2 aromatic carbocycles. The van der Waals surface area contributed by atoms with Crippen LogP contribution in [0.25, 0.3) is 11.1 Å². The van der Waals surface area contributed by atoms with Crippen molar-refractivity contribution in [2.45, 2.75) is 25.4 Å². The molecule has 25 heavy (non-hydrogen) atoms. The number of carbonyl (C=O) groups excluding carboxylic acids is 1. The zero-order valence-electron chi connectivity index (χ0n) is 14.3. The SMILES string of the molecule is C[C@H](N[C@H]1CCN(c2ccc(-c3ccccc3)cc2C#N)C1)C(N)=O. The highest BCUT2D eigenvalue weighted by Gasteiger charge is 2.26. The van der Waals surface area contributed by atoms with Gasteiger partial charge in [-0.1, -0.05) is 36.4 Å². The topological polar surface area (TPSA) is 82.2 Å². The number of hydrogen-bond donors (Lipinski definition) is 2. The Hall–Kier alpha value is -2.84. The number of hydrogen-bond acceptors (Lipinski definition) is 4. The molecular weight excluding hydrogens is 312 g/mol. The second-order valence-corrected chi connectivity index (χ2v) is 6.43. The van der Waals surface area contributed by atoms with Crippen molar-refractivity contribution in [3.8, 4) is 17.2 Å². The molecule has 1 aliphatic rings. The molecule has 3 N–H and O–H groups in total. The van der Waals surface area contributed by atoms with Crippen LogP contribution in [0.4, 0.5) is 5.69 Å². The number of anilines is 1. The Morgan fingerprint density at radius 3 is 2.72 bits per heavy atom. The van der Waals surface area contributed by atoms with Gasteiger partial charge in [0.1, 0.15) is 6.07 Å². The third kappa shape index (κ3) is 3.81. The third-order valence-electron chi connectivity index (χ3n) is 4.67. The number of primary amides is 1. The van der Waals surface area contributed by atoms with Gasteiger partial charge in [0, 0.05) is 19.1 Å². The van der Waals surface area contributed by atoms with E-state index in [4.69, 9.17) is 5.73 Å². The maximum Gasteiger partial charge on any atom is 0.234 e. The third-order valence-corrected chi connectivity index (χ3v) is 4.67. The summed E-state index contributed by atoms with van der Waals surface area (Å²) in [5.41, 5.74) is 9.07. The Morgan fingerprint density at radius 2 is 2.04 bits per heavy atom. The number of nitrogens with zero attached hydrogens (tertiary/aromatic N) is 2. The second kappa shape index (κ2) is 7.37. The summed E-state index contributed by atoms with van der Waals surface area (Å²) in [6, 6.07) is 18.2. The molecule has 0 radical (unpaired) electrons. The summed E-state index contributed by atoms with van der Waals surface area (Å²) in [5.74, 6) is -0.344. The molecule has 1 fully saturated rings. The van der Waals surface area contributed by atoms with Crippen molar-refractivity contribution in [1.29, 1.82) is 5.26 Å². The number of benzene rings is 2. The first-order valence-corrected chi connectivity index (χ1v) is 8.48. The van der Waals surface area contributed by atoms with Gasteiger partial charge in [-0.3, -0.25) is 4.79 Å². The molecule has 3 rings (SSSR count). The fourth-order valence-electron chi connectivity index (χ4n) is 3.26. The fraction of sp³-hybridized carbons (Fsp3) is 0.300. The van der Waals surface area contributed by atoms with Crippen LogP contribution >= 0.6 is 0 Å². The molecule has 5 nitrogen and oxygen atoms in total. The van der Waals surface area contributed by atoms with E-state index in [2.05, 4.69) is 22.4 Å². The zero-order valence-corrected chi connectivity index (χ0v) is 14.3. The maximum atomic E-state index is 11.2. The van der Waals surface area contributed by atoms with E-state index >= 15 is 0 Å². The molecule has 0 aromatic heterocycles. The molecule has 5 heteroatoms. The number of nitrogens with two attached hydrogens (primary N) is 1. The van der Waals surface area contributed by atoms with E-state index in [0.717, 1.165) is 36.3 Å². The zero-order chi connectivity index (χ0) is 17.8. The highest BCUT2D eigenvalue weighted by atomic mass is 16.1. The summed E-state index contributed by atoms with van der Waals surface area (Å²) in [6.45, 7) is 3.39. The first kappa shape index (κ1) is 17.0. The minimum atomic E-state index is -0.346. The molecule has 1 saturated heterocycles. The monoisotopic (exact) mass is 334 g/mol. The van der Waals surface area contributed by atoms with E-state index in [1.807, 2.05) is 42.5 Å². The van der Waals surface area contributed by atoms with Crippen molar-refractivity contribution < 1.29 is 4.79 Å². The molecule has 0 aliphatic carbocycles. The fourth-order valence-corrected chi connectivity index (χ4v) is 3.26. The van der Waals surface area contributed by atoms with Gasteiger partial charge in [-0.05, 0) is 36.6 Å². The summed E-state index contributed by atoms with van der Waals surface area (Å²) >= 11 is 0. The normalized spacial score (nSPS) is 17.9. The number of nitrogens with one attached hydrogen (secondary N) is 1. The summed E-state index contributed by atoms with van der Waals surface area (Å²) < 4.78 is 0. The van der Waals surface area contributed by atoms with Gasteiger partial charge in [0.25, 0.3) is 0 Å². The predicted octanol–water partition coefficient (Wildman–Crippen LogP) is 2.27. The lowest BCUT2D eigenvalue weighted by atomic mass is 10.0. The van der Waals surface area contributed by atoms with Crippen LogP contribution in [-0.2, 0) is 4.79 Å². The maximum absolute atomic E-state index is 11.2. The molecule has 1 amide bonds. The van der Waals surface area contributed by atoms with E-state index in [0.29, 0.717) is 5.56 Å². The van der Waals surface area contributed by atoms with Gasteiger partial charge in [-0.25, -0.2) is 0 Å². The van der Waals surface area contributed by atoms with Crippen LogP contribution in [0, 0.1) is 11.3 Å².